The average molecular weight is 250 g/mol. The maximum atomic E-state index is 4.20. The summed E-state index contributed by atoms with van der Waals surface area (Å²) in [6.45, 7) is 8.00. The maximum absolute atomic E-state index is 4.20. The lowest BCUT2D eigenvalue weighted by Gasteiger charge is -2.24. The van der Waals surface area contributed by atoms with Crippen LogP contribution in [0.5, 0.6) is 0 Å². The van der Waals surface area contributed by atoms with Crippen LogP contribution in [0.3, 0.4) is 0 Å². The van der Waals surface area contributed by atoms with Crippen LogP contribution >= 0.6 is 0 Å². The topological polar surface area (TPSA) is 33.1 Å². The predicted molar refractivity (Wildman–Crippen MR) is 74.4 cm³/mol. The second-order valence-corrected chi connectivity index (χ2v) is 5.58. The lowest BCUT2D eigenvalue weighted by Crippen LogP contribution is -2.34. The van der Waals surface area contributed by atoms with Gasteiger partial charge in [0, 0.05) is 31.9 Å². The smallest absolute Gasteiger partial charge is 0.0518 e. The molecule has 0 spiro atoms. The molecule has 0 aromatic carbocycles. The summed E-state index contributed by atoms with van der Waals surface area (Å²) in [5, 5.41) is 7.88. The normalized spacial score (nSPS) is 22.3. The van der Waals surface area contributed by atoms with Crippen LogP contribution in [0.1, 0.15) is 38.8 Å². The van der Waals surface area contributed by atoms with Gasteiger partial charge in [-0.25, -0.2) is 0 Å². The van der Waals surface area contributed by atoms with Crippen LogP contribution in [0.2, 0.25) is 0 Å². The molecule has 0 radical (unpaired) electrons. The monoisotopic (exact) mass is 250 g/mol. The maximum Gasteiger partial charge on any atom is 0.0518 e. The summed E-state index contributed by atoms with van der Waals surface area (Å²) in [4.78, 5) is 2.59. The Morgan fingerprint density at radius 2 is 2.22 bits per heavy atom. The van der Waals surface area contributed by atoms with Crippen molar-refractivity contribution in [3.8, 4) is 0 Å². The molecule has 1 saturated heterocycles. The third kappa shape index (κ3) is 3.56. The van der Waals surface area contributed by atoms with Gasteiger partial charge < -0.3 is 10.2 Å². The minimum Gasteiger partial charge on any atom is -0.308 e. The highest BCUT2D eigenvalue weighted by Crippen LogP contribution is 2.13. The van der Waals surface area contributed by atoms with Gasteiger partial charge in [-0.15, -0.1) is 0 Å². The highest BCUT2D eigenvalue weighted by atomic mass is 15.3. The zero-order valence-corrected chi connectivity index (χ0v) is 11.9. The van der Waals surface area contributed by atoms with Gasteiger partial charge in [-0.3, -0.25) is 4.68 Å². The number of rotatable bonds is 4. The molecule has 1 aromatic heterocycles. The molecule has 102 valence electrons. The largest absolute Gasteiger partial charge is 0.308 e. The molecule has 1 fully saturated rings. The van der Waals surface area contributed by atoms with E-state index in [0.29, 0.717) is 12.1 Å². The third-order valence-corrected chi connectivity index (χ3v) is 3.99. The van der Waals surface area contributed by atoms with Crippen LogP contribution in [-0.2, 0) is 13.6 Å². The van der Waals surface area contributed by atoms with Crippen molar-refractivity contribution in [3.63, 3.8) is 0 Å². The van der Waals surface area contributed by atoms with Crippen molar-refractivity contribution in [2.75, 3.05) is 13.1 Å². The third-order valence-electron chi connectivity index (χ3n) is 3.99. The number of aryl methyl sites for hydroxylation is 1. The van der Waals surface area contributed by atoms with Gasteiger partial charge in [0.15, 0.2) is 0 Å². The number of nitrogens with one attached hydrogen (secondary N) is 1. The van der Waals surface area contributed by atoms with E-state index in [2.05, 4.69) is 35.2 Å². The molecule has 0 bridgehead atoms. The van der Waals surface area contributed by atoms with Crippen LogP contribution in [0.4, 0.5) is 0 Å². The minimum atomic E-state index is 0.656. The summed E-state index contributed by atoms with van der Waals surface area (Å²) < 4.78 is 1.95. The van der Waals surface area contributed by atoms with Crippen molar-refractivity contribution >= 4 is 0 Å². The Labute approximate surface area is 110 Å². The molecular weight excluding hydrogens is 224 g/mol. The van der Waals surface area contributed by atoms with E-state index < -0.39 is 0 Å². The molecule has 18 heavy (non-hydrogen) atoms. The highest BCUT2D eigenvalue weighted by Gasteiger charge is 2.18. The van der Waals surface area contributed by atoms with Gasteiger partial charge in [0.2, 0.25) is 0 Å². The second kappa shape index (κ2) is 6.34. The fourth-order valence-electron chi connectivity index (χ4n) is 2.66. The molecule has 1 aromatic rings. The van der Waals surface area contributed by atoms with Crippen molar-refractivity contribution in [2.24, 2.45) is 7.05 Å². The van der Waals surface area contributed by atoms with Crippen LogP contribution < -0.4 is 5.32 Å². The lowest BCUT2D eigenvalue weighted by molar-refractivity contribution is 0.229. The van der Waals surface area contributed by atoms with Gasteiger partial charge in [-0.1, -0.05) is 0 Å². The zero-order valence-electron chi connectivity index (χ0n) is 11.9. The van der Waals surface area contributed by atoms with E-state index in [0.717, 1.165) is 6.54 Å². The quantitative estimate of drug-likeness (QED) is 0.884. The fraction of sp³-hybridized carbons (Fsp3) is 0.786. The first kappa shape index (κ1) is 13.6. The predicted octanol–water partition coefficient (Wildman–Crippen LogP) is 1.77. The Bertz CT molecular complexity index is 358. The van der Waals surface area contributed by atoms with Gasteiger partial charge in [-0.05, 0) is 52.3 Å². The van der Waals surface area contributed by atoms with E-state index in [4.69, 9.17) is 0 Å². The summed E-state index contributed by atoms with van der Waals surface area (Å²) in [6.07, 6.45) is 5.73. The van der Waals surface area contributed by atoms with Gasteiger partial charge >= 0.3 is 0 Å². The number of hydrogen-bond donors (Lipinski definition) is 1. The van der Waals surface area contributed by atoms with E-state index in [1.54, 1.807) is 0 Å². The number of nitrogens with zero attached hydrogens (tertiary/aromatic N) is 3. The minimum absolute atomic E-state index is 0.656. The fourth-order valence-corrected chi connectivity index (χ4v) is 2.66. The van der Waals surface area contributed by atoms with Crippen molar-refractivity contribution in [2.45, 2.75) is 51.7 Å². The summed E-state index contributed by atoms with van der Waals surface area (Å²) in [5.41, 5.74) is 1.26. The van der Waals surface area contributed by atoms with Crippen LogP contribution in [0, 0.1) is 0 Å². The average Bonchev–Trinajstić information content (AvgIpc) is 2.62. The first-order valence-electron chi connectivity index (χ1n) is 7.11. The van der Waals surface area contributed by atoms with Crippen LogP contribution in [-0.4, -0.2) is 39.9 Å². The number of hydrogen-bond acceptors (Lipinski definition) is 3. The van der Waals surface area contributed by atoms with Crippen molar-refractivity contribution in [1.82, 2.24) is 20.0 Å². The molecule has 1 aliphatic rings. The molecule has 4 nitrogen and oxygen atoms in total. The Morgan fingerprint density at radius 1 is 1.39 bits per heavy atom. The number of likely N-dealkylation sites (tertiary alicyclic amines) is 1. The molecule has 1 unspecified atom stereocenters. The van der Waals surface area contributed by atoms with Crippen molar-refractivity contribution in [3.05, 3.63) is 18.0 Å². The molecule has 4 heteroatoms. The van der Waals surface area contributed by atoms with E-state index >= 15 is 0 Å². The summed E-state index contributed by atoms with van der Waals surface area (Å²) in [7, 11) is 2.00. The van der Waals surface area contributed by atoms with Crippen LogP contribution in [0.15, 0.2) is 12.3 Å². The standard InChI is InChI=1S/C14H26N4/c1-12(2)18-9-4-5-13(7-10-18)15-11-14-6-8-16-17(14)3/h6,8,12-13,15H,4-5,7,9-11H2,1-3H3. The Kier molecular flexibility index (Phi) is 4.78. The van der Waals surface area contributed by atoms with Crippen LogP contribution in [0.25, 0.3) is 0 Å². The Morgan fingerprint density at radius 3 is 2.89 bits per heavy atom. The molecule has 1 aliphatic heterocycles. The lowest BCUT2D eigenvalue weighted by atomic mass is 10.1. The second-order valence-electron chi connectivity index (χ2n) is 5.58. The zero-order chi connectivity index (χ0) is 13.0. The molecule has 2 heterocycles. The molecule has 0 amide bonds. The van der Waals surface area contributed by atoms with Gasteiger partial charge in [-0.2, -0.15) is 5.10 Å². The van der Waals surface area contributed by atoms with Crippen molar-refractivity contribution in [1.29, 1.82) is 0 Å². The molecular formula is C14H26N4. The molecule has 1 N–H and O–H groups in total. The summed E-state index contributed by atoms with van der Waals surface area (Å²) in [5.74, 6) is 0. The first-order valence-corrected chi connectivity index (χ1v) is 7.11. The van der Waals surface area contributed by atoms with E-state index in [1.165, 1.54) is 38.0 Å². The molecule has 1 atom stereocenters. The summed E-state index contributed by atoms with van der Waals surface area (Å²) in [6, 6.07) is 3.42. The van der Waals surface area contributed by atoms with E-state index in [9.17, 15) is 0 Å². The van der Waals surface area contributed by atoms with E-state index in [-0.39, 0.29) is 0 Å². The van der Waals surface area contributed by atoms with Crippen molar-refractivity contribution < 1.29 is 0 Å². The van der Waals surface area contributed by atoms with Gasteiger partial charge in [0.1, 0.15) is 0 Å². The van der Waals surface area contributed by atoms with E-state index in [1.807, 2.05) is 17.9 Å². The molecule has 0 aliphatic carbocycles. The Hall–Kier alpha value is -0.870. The number of aromatic nitrogens is 2. The SMILES string of the molecule is CC(C)N1CCCC(NCc2ccnn2C)CC1. The van der Waals surface area contributed by atoms with Gasteiger partial charge in [0.25, 0.3) is 0 Å². The Balaban J connectivity index is 1.79. The summed E-state index contributed by atoms with van der Waals surface area (Å²) >= 11 is 0. The highest BCUT2D eigenvalue weighted by molar-refractivity contribution is 4.99. The first-order chi connectivity index (χ1) is 8.66. The molecule has 2 rings (SSSR count). The molecule has 0 saturated carbocycles. The van der Waals surface area contributed by atoms with Gasteiger partial charge in [0.05, 0.1) is 5.69 Å².